The monoisotopic (exact) mass is 316 g/mol. The highest BCUT2D eigenvalue weighted by Crippen LogP contribution is 2.26. The number of hydrogen-bond acceptors (Lipinski definition) is 2. The quantitative estimate of drug-likeness (QED) is 0.631. The molecule has 3 rings (SSSR count). The van der Waals surface area contributed by atoms with E-state index >= 15 is 0 Å². The van der Waals surface area contributed by atoms with Gasteiger partial charge in [0.15, 0.2) is 5.78 Å². The Balaban J connectivity index is 2.13. The van der Waals surface area contributed by atoms with Crippen molar-refractivity contribution < 1.29 is 4.79 Å². The summed E-state index contributed by atoms with van der Waals surface area (Å²) in [6.45, 7) is 5.03. The van der Waals surface area contributed by atoms with E-state index in [1.165, 1.54) is 0 Å². The SMILES string of the molecule is CCCCn1cc(C(=O)c2ccc(C)cc2)c2cc(C#N)ccc21. The minimum Gasteiger partial charge on any atom is -0.347 e. The van der Waals surface area contributed by atoms with Gasteiger partial charge in [-0.2, -0.15) is 5.26 Å². The zero-order chi connectivity index (χ0) is 17.1. The first-order valence-corrected chi connectivity index (χ1v) is 8.28. The molecule has 0 aliphatic carbocycles. The lowest BCUT2D eigenvalue weighted by Crippen LogP contribution is -2.01. The van der Waals surface area contributed by atoms with Gasteiger partial charge in [0.25, 0.3) is 0 Å². The van der Waals surface area contributed by atoms with E-state index < -0.39 is 0 Å². The summed E-state index contributed by atoms with van der Waals surface area (Å²) in [7, 11) is 0. The van der Waals surface area contributed by atoms with Crippen molar-refractivity contribution in [2.45, 2.75) is 33.2 Å². The van der Waals surface area contributed by atoms with Gasteiger partial charge < -0.3 is 4.57 Å². The number of nitriles is 1. The lowest BCUT2D eigenvalue weighted by Gasteiger charge is -2.03. The van der Waals surface area contributed by atoms with Crippen molar-refractivity contribution in [3.05, 3.63) is 70.9 Å². The summed E-state index contributed by atoms with van der Waals surface area (Å²) in [5.74, 6) is 0.00494. The molecule has 0 fully saturated rings. The first-order chi connectivity index (χ1) is 11.6. The number of carbonyl (C=O) groups is 1. The van der Waals surface area contributed by atoms with E-state index in [9.17, 15) is 10.1 Å². The number of unbranched alkanes of at least 4 members (excludes halogenated alkanes) is 1. The fourth-order valence-electron chi connectivity index (χ4n) is 2.92. The molecule has 0 N–H and O–H groups in total. The van der Waals surface area contributed by atoms with Gasteiger partial charge in [-0.1, -0.05) is 43.2 Å². The van der Waals surface area contributed by atoms with Crippen molar-refractivity contribution in [1.29, 1.82) is 5.26 Å². The maximum Gasteiger partial charge on any atom is 0.195 e. The lowest BCUT2D eigenvalue weighted by atomic mass is 10.0. The zero-order valence-electron chi connectivity index (χ0n) is 14.0. The normalized spacial score (nSPS) is 10.7. The Morgan fingerprint density at radius 2 is 1.92 bits per heavy atom. The van der Waals surface area contributed by atoms with E-state index in [0.29, 0.717) is 16.7 Å². The summed E-state index contributed by atoms with van der Waals surface area (Å²) < 4.78 is 2.13. The number of ketones is 1. The van der Waals surface area contributed by atoms with Gasteiger partial charge in [0, 0.05) is 34.8 Å². The van der Waals surface area contributed by atoms with Crippen molar-refractivity contribution >= 4 is 16.7 Å². The highest BCUT2D eigenvalue weighted by Gasteiger charge is 2.17. The summed E-state index contributed by atoms with van der Waals surface area (Å²) in [4.78, 5) is 13.0. The van der Waals surface area contributed by atoms with Crippen LogP contribution in [0.3, 0.4) is 0 Å². The first kappa shape index (κ1) is 16.0. The van der Waals surface area contributed by atoms with Crippen LogP contribution in [0.5, 0.6) is 0 Å². The second kappa shape index (κ2) is 6.72. The van der Waals surface area contributed by atoms with E-state index in [4.69, 9.17) is 0 Å². The number of fused-ring (bicyclic) bond motifs is 1. The van der Waals surface area contributed by atoms with Gasteiger partial charge in [-0.25, -0.2) is 0 Å². The van der Waals surface area contributed by atoms with E-state index in [0.717, 1.165) is 35.9 Å². The summed E-state index contributed by atoms with van der Waals surface area (Å²) in [5.41, 5.74) is 4.06. The maximum atomic E-state index is 13.0. The van der Waals surface area contributed by atoms with E-state index in [1.54, 1.807) is 0 Å². The number of nitrogens with zero attached hydrogens (tertiary/aromatic N) is 2. The maximum absolute atomic E-state index is 13.0. The van der Waals surface area contributed by atoms with Crippen molar-refractivity contribution in [1.82, 2.24) is 4.57 Å². The standard InChI is InChI=1S/C21H20N2O/c1-3-4-11-23-14-19(18-12-16(13-22)7-10-20(18)23)21(24)17-8-5-15(2)6-9-17/h5-10,12,14H,3-4,11H2,1-2H3. The number of rotatable bonds is 5. The third kappa shape index (κ3) is 2.96. The fraction of sp³-hybridized carbons (Fsp3) is 0.238. The van der Waals surface area contributed by atoms with Gasteiger partial charge >= 0.3 is 0 Å². The van der Waals surface area contributed by atoms with Crippen molar-refractivity contribution in [2.24, 2.45) is 0 Å². The number of benzene rings is 2. The molecule has 3 nitrogen and oxygen atoms in total. The molecular weight excluding hydrogens is 296 g/mol. The lowest BCUT2D eigenvalue weighted by molar-refractivity contribution is 0.104. The first-order valence-electron chi connectivity index (χ1n) is 8.28. The Morgan fingerprint density at radius 3 is 2.58 bits per heavy atom. The highest BCUT2D eigenvalue weighted by molar-refractivity contribution is 6.16. The van der Waals surface area contributed by atoms with E-state index in [2.05, 4.69) is 17.6 Å². The summed E-state index contributed by atoms with van der Waals surface area (Å²) in [5, 5.41) is 10.0. The van der Waals surface area contributed by atoms with Crippen LogP contribution in [0.15, 0.2) is 48.7 Å². The Kier molecular flexibility index (Phi) is 4.48. The molecule has 0 spiro atoms. The Labute approximate surface area is 142 Å². The molecule has 120 valence electrons. The van der Waals surface area contributed by atoms with Crippen LogP contribution in [0.4, 0.5) is 0 Å². The van der Waals surface area contributed by atoms with Crippen LogP contribution in [-0.2, 0) is 6.54 Å². The topological polar surface area (TPSA) is 45.8 Å². The molecule has 3 aromatic rings. The number of hydrogen-bond donors (Lipinski definition) is 0. The minimum absolute atomic E-state index is 0.00494. The molecule has 1 heterocycles. The molecule has 0 atom stereocenters. The molecule has 0 bridgehead atoms. The summed E-state index contributed by atoms with van der Waals surface area (Å²) >= 11 is 0. The molecule has 1 aromatic heterocycles. The Bertz CT molecular complexity index is 927. The van der Waals surface area contributed by atoms with Crippen LogP contribution in [0, 0.1) is 18.3 Å². The summed E-state index contributed by atoms with van der Waals surface area (Å²) in [6.07, 6.45) is 4.09. The minimum atomic E-state index is 0.00494. The third-order valence-electron chi connectivity index (χ3n) is 4.32. The van der Waals surface area contributed by atoms with Gasteiger partial charge in [-0.3, -0.25) is 4.79 Å². The number of carbonyl (C=O) groups excluding carboxylic acids is 1. The summed E-state index contributed by atoms with van der Waals surface area (Å²) in [6, 6.07) is 15.4. The van der Waals surface area contributed by atoms with Crippen LogP contribution in [0.1, 0.15) is 46.8 Å². The van der Waals surface area contributed by atoms with Gasteiger partial charge in [0.05, 0.1) is 11.6 Å². The van der Waals surface area contributed by atoms with Gasteiger partial charge in [0.2, 0.25) is 0 Å². The average molecular weight is 316 g/mol. The number of aryl methyl sites for hydroxylation is 2. The highest BCUT2D eigenvalue weighted by atomic mass is 16.1. The molecule has 24 heavy (non-hydrogen) atoms. The molecule has 0 amide bonds. The Hall–Kier alpha value is -2.86. The predicted molar refractivity (Wildman–Crippen MR) is 96.2 cm³/mol. The fourth-order valence-corrected chi connectivity index (χ4v) is 2.92. The molecule has 0 unspecified atom stereocenters. The largest absolute Gasteiger partial charge is 0.347 e. The van der Waals surface area contributed by atoms with Crippen LogP contribution >= 0.6 is 0 Å². The average Bonchev–Trinajstić information content (AvgIpc) is 2.97. The van der Waals surface area contributed by atoms with Crippen LogP contribution in [-0.4, -0.2) is 10.4 Å². The van der Waals surface area contributed by atoms with Gasteiger partial charge in [-0.05, 0) is 31.5 Å². The zero-order valence-corrected chi connectivity index (χ0v) is 14.0. The molecule has 0 radical (unpaired) electrons. The molecule has 0 aliphatic rings. The van der Waals surface area contributed by atoms with Crippen molar-refractivity contribution in [2.75, 3.05) is 0 Å². The van der Waals surface area contributed by atoms with Crippen LogP contribution in [0.2, 0.25) is 0 Å². The van der Waals surface area contributed by atoms with Gasteiger partial charge in [0.1, 0.15) is 0 Å². The molecule has 0 aliphatic heterocycles. The second-order valence-electron chi connectivity index (χ2n) is 6.13. The molecule has 0 saturated carbocycles. The number of aromatic nitrogens is 1. The molecule has 0 saturated heterocycles. The molecular formula is C21H20N2O. The molecule has 2 aromatic carbocycles. The van der Waals surface area contributed by atoms with E-state index in [-0.39, 0.29) is 5.78 Å². The predicted octanol–water partition coefficient (Wildman–Crippen LogP) is 4.85. The van der Waals surface area contributed by atoms with Crippen LogP contribution in [0.25, 0.3) is 10.9 Å². The van der Waals surface area contributed by atoms with Gasteiger partial charge in [-0.15, -0.1) is 0 Å². The van der Waals surface area contributed by atoms with Crippen molar-refractivity contribution in [3.63, 3.8) is 0 Å². The molecule has 3 heteroatoms. The van der Waals surface area contributed by atoms with Crippen LogP contribution < -0.4 is 0 Å². The van der Waals surface area contributed by atoms with E-state index in [1.807, 2.05) is 55.6 Å². The smallest absolute Gasteiger partial charge is 0.195 e. The van der Waals surface area contributed by atoms with Crippen molar-refractivity contribution in [3.8, 4) is 6.07 Å². The second-order valence-corrected chi connectivity index (χ2v) is 6.13. The Morgan fingerprint density at radius 1 is 1.17 bits per heavy atom. The third-order valence-corrected chi connectivity index (χ3v) is 4.32.